The molecule has 0 bridgehead atoms. The molecule has 0 spiro atoms. The van der Waals surface area contributed by atoms with Crippen LogP contribution in [0.5, 0.6) is 0 Å². The minimum Gasteiger partial charge on any atom is -0.394 e. The van der Waals surface area contributed by atoms with Crippen LogP contribution in [0.1, 0.15) is 6.42 Å². The van der Waals surface area contributed by atoms with Gasteiger partial charge in [0.2, 0.25) is 10.0 Å². The van der Waals surface area contributed by atoms with Crippen LogP contribution in [-0.4, -0.2) is 39.9 Å². The molecule has 0 radical (unpaired) electrons. The summed E-state index contributed by atoms with van der Waals surface area (Å²) in [5.41, 5.74) is 0.964. The van der Waals surface area contributed by atoms with Crippen molar-refractivity contribution in [1.82, 2.24) is 4.72 Å². The molecule has 0 aromatic heterocycles. The minimum atomic E-state index is -3.60. The fourth-order valence-corrected chi connectivity index (χ4v) is 3.46. The third kappa shape index (κ3) is 3.70. The Balaban J connectivity index is 1.95. The van der Waals surface area contributed by atoms with Crippen LogP contribution in [0.4, 0.5) is 11.4 Å². The van der Waals surface area contributed by atoms with Gasteiger partial charge in [0.15, 0.2) is 0 Å². The molecule has 0 amide bonds. The summed E-state index contributed by atoms with van der Waals surface area (Å²) in [5, 5.41) is 8.53. The Bertz CT molecular complexity index is 639. The van der Waals surface area contributed by atoms with E-state index in [9.17, 15) is 8.42 Å². The van der Waals surface area contributed by atoms with Gasteiger partial charge >= 0.3 is 0 Å². The maximum atomic E-state index is 12.2. The second kappa shape index (κ2) is 7.04. The van der Waals surface area contributed by atoms with Gasteiger partial charge in [-0.2, -0.15) is 8.73 Å². The summed E-state index contributed by atoms with van der Waals surface area (Å²) in [6.07, 6.45) is 0.532. The monoisotopic (exact) mass is 317 g/mol. The van der Waals surface area contributed by atoms with Gasteiger partial charge in [-0.1, -0.05) is 6.07 Å². The van der Waals surface area contributed by atoms with Gasteiger partial charge in [-0.3, -0.25) is 0 Å². The van der Waals surface area contributed by atoms with Crippen molar-refractivity contribution in [2.75, 3.05) is 26.4 Å². The Hall–Kier alpha value is -1.13. The highest BCUT2D eigenvalue weighted by Crippen LogP contribution is 2.37. The number of aliphatic hydroxyl groups excluding tert-OH is 1. The quantitative estimate of drug-likeness (QED) is 0.712. The Morgan fingerprint density at radius 1 is 1.30 bits per heavy atom. The van der Waals surface area contributed by atoms with Crippen LogP contribution in [0.25, 0.3) is 0 Å². The highest BCUT2D eigenvalue weighted by Gasteiger charge is 2.21. The first-order valence-corrected chi connectivity index (χ1v) is 8.26. The fourth-order valence-electron chi connectivity index (χ4n) is 1.62. The third-order valence-electron chi connectivity index (χ3n) is 2.53. The highest BCUT2D eigenvalue weighted by molar-refractivity contribution is 7.89. The zero-order chi connectivity index (χ0) is 14.4. The van der Waals surface area contributed by atoms with Gasteiger partial charge in [-0.15, -0.1) is 0 Å². The third-order valence-corrected chi connectivity index (χ3v) is 4.57. The molecular formula is C11H15N3O4S2. The lowest BCUT2D eigenvalue weighted by Gasteiger charge is -2.08. The van der Waals surface area contributed by atoms with Gasteiger partial charge in [0.25, 0.3) is 0 Å². The number of benzene rings is 1. The first-order chi connectivity index (χ1) is 9.65. The van der Waals surface area contributed by atoms with Gasteiger partial charge in [0.1, 0.15) is 16.3 Å². The Labute approximate surface area is 120 Å². The van der Waals surface area contributed by atoms with Crippen LogP contribution in [-0.2, 0) is 26.1 Å². The SMILES string of the molecule is O=S(=O)(NCCCOCCO)c1cccc2c1N=S=N2. The lowest BCUT2D eigenvalue weighted by Crippen LogP contribution is -2.25. The molecule has 0 atom stereocenters. The molecule has 1 aromatic carbocycles. The van der Waals surface area contributed by atoms with E-state index < -0.39 is 10.0 Å². The zero-order valence-electron chi connectivity index (χ0n) is 10.7. The summed E-state index contributed by atoms with van der Waals surface area (Å²) in [5.74, 6) is 0. The van der Waals surface area contributed by atoms with E-state index in [-0.39, 0.29) is 24.7 Å². The topological polar surface area (TPSA) is 100 Å². The summed E-state index contributed by atoms with van der Waals surface area (Å²) < 4.78 is 39.9. The molecule has 0 saturated heterocycles. The molecule has 1 aromatic rings. The molecule has 20 heavy (non-hydrogen) atoms. The van der Waals surface area contributed by atoms with Crippen LogP contribution in [0.2, 0.25) is 0 Å². The number of aliphatic hydroxyl groups is 1. The number of rotatable bonds is 8. The Morgan fingerprint density at radius 3 is 2.95 bits per heavy atom. The van der Waals surface area contributed by atoms with Gasteiger partial charge in [-0.05, 0) is 18.6 Å². The molecule has 1 heterocycles. The average molecular weight is 317 g/mol. The van der Waals surface area contributed by atoms with Crippen LogP contribution >= 0.6 is 0 Å². The van der Waals surface area contributed by atoms with E-state index in [1.165, 1.54) is 6.07 Å². The first-order valence-electron chi connectivity index (χ1n) is 6.05. The second-order valence-corrected chi connectivity index (χ2v) is 6.24. The molecule has 110 valence electrons. The molecule has 0 unspecified atom stereocenters. The summed E-state index contributed by atoms with van der Waals surface area (Å²) in [7, 11) is -3.60. The highest BCUT2D eigenvalue weighted by atomic mass is 32.2. The second-order valence-electron chi connectivity index (χ2n) is 3.98. The van der Waals surface area contributed by atoms with E-state index in [4.69, 9.17) is 9.84 Å². The van der Waals surface area contributed by atoms with Crippen molar-refractivity contribution in [3.63, 3.8) is 0 Å². The van der Waals surface area contributed by atoms with E-state index in [0.29, 0.717) is 24.4 Å². The largest absolute Gasteiger partial charge is 0.394 e. The van der Waals surface area contributed by atoms with Crippen LogP contribution < -0.4 is 4.72 Å². The van der Waals surface area contributed by atoms with Gasteiger partial charge in [0, 0.05) is 13.2 Å². The first kappa shape index (κ1) is 15.3. The van der Waals surface area contributed by atoms with Crippen molar-refractivity contribution in [3.8, 4) is 0 Å². The molecule has 2 rings (SSSR count). The lowest BCUT2D eigenvalue weighted by atomic mass is 10.3. The fraction of sp³-hybridized carbons (Fsp3) is 0.455. The molecule has 0 aliphatic carbocycles. The molecular weight excluding hydrogens is 302 g/mol. The normalized spacial score (nSPS) is 13.2. The number of nitrogens with one attached hydrogen (secondary N) is 1. The molecule has 1 aliphatic heterocycles. The van der Waals surface area contributed by atoms with Crippen molar-refractivity contribution < 1.29 is 18.3 Å². The van der Waals surface area contributed by atoms with E-state index in [1.54, 1.807) is 12.1 Å². The predicted molar refractivity (Wildman–Crippen MR) is 75.7 cm³/mol. The smallest absolute Gasteiger partial charge is 0.242 e. The van der Waals surface area contributed by atoms with Gasteiger partial charge < -0.3 is 9.84 Å². The van der Waals surface area contributed by atoms with Crippen LogP contribution in [0.3, 0.4) is 0 Å². The van der Waals surface area contributed by atoms with E-state index in [1.807, 2.05) is 0 Å². The Kier molecular flexibility index (Phi) is 5.38. The number of nitrogens with zero attached hydrogens (tertiary/aromatic N) is 2. The number of hydrogen-bond donors (Lipinski definition) is 2. The summed E-state index contributed by atoms with van der Waals surface area (Å²) in [6, 6.07) is 4.87. The van der Waals surface area contributed by atoms with Crippen molar-refractivity contribution in [1.29, 1.82) is 0 Å². The lowest BCUT2D eigenvalue weighted by molar-refractivity contribution is 0.0913. The van der Waals surface area contributed by atoms with Crippen molar-refractivity contribution in [2.24, 2.45) is 8.73 Å². The maximum Gasteiger partial charge on any atom is 0.242 e. The summed E-state index contributed by atoms with van der Waals surface area (Å²) in [4.78, 5) is 0.139. The summed E-state index contributed by atoms with van der Waals surface area (Å²) >= 11 is 0.985. The minimum absolute atomic E-state index is 0.0372. The standard InChI is InChI=1S/C11H15N3O4S2/c15-6-8-18-7-2-5-12-20(16,17)10-4-1-3-9-11(10)14-19-13-9/h1,3-4,12,15H,2,5-8H2. The molecule has 2 N–H and O–H groups in total. The number of sulfonamides is 1. The van der Waals surface area contributed by atoms with Gasteiger partial charge in [0.05, 0.1) is 24.6 Å². The average Bonchev–Trinajstić information content (AvgIpc) is 2.90. The molecule has 7 nitrogen and oxygen atoms in total. The van der Waals surface area contributed by atoms with Crippen LogP contribution in [0, 0.1) is 0 Å². The number of ether oxygens (including phenoxy) is 1. The van der Waals surface area contributed by atoms with Crippen molar-refractivity contribution in [2.45, 2.75) is 11.3 Å². The van der Waals surface area contributed by atoms with E-state index in [0.717, 1.165) is 11.4 Å². The van der Waals surface area contributed by atoms with Crippen LogP contribution in [0.15, 0.2) is 31.8 Å². The predicted octanol–water partition coefficient (Wildman–Crippen LogP) is 1.09. The number of fused-ring (bicyclic) bond motifs is 1. The summed E-state index contributed by atoms with van der Waals surface area (Å²) in [6.45, 7) is 0.883. The molecule has 1 aliphatic rings. The van der Waals surface area contributed by atoms with Crippen molar-refractivity contribution in [3.05, 3.63) is 18.2 Å². The molecule has 0 fully saturated rings. The number of hydrogen-bond acceptors (Lipinski definition) is 6. The molecule has 0 saturated carbocycles. The Morgan fingerprint density at radius 2 is 2.15 bits per heavy atom. The maximum absolute atomic E-state index is 12.2. The molecule has 9 heteroatoms. The van der Waals surface area contributed by atoms with E-state index >= 15 is 0 Å². The van der Waals surface area contributed by atoms with E-state index in [2.05, 4.69) is 13.4 Å². The van der Waals surface area contributed by atoms with Crippen molar-refractivity contribution >= 4 is 32.8 Å². The van der Waals surface area contributed by atoms with Gasteiger partial charge in [-0.25, -0.2) is 13.1 Å². The zero-order valence-corrected chi connectivity index (χ0v) is 12.3.